The zero-order valence-electron chi connectivity index (χ0n) is 11.6. The van der Waals surface area contributed by atoms with Gasteiger partial charge in [-0.15, -0.1) is 6.58 Å². The lowest BCUT2D eigenvalue weighted by Gasteiger charge is -2.21. The summed E-state index contributed by atoms with van der Waals surface area (Å²) in [6.45, 7) is 3.63. The molecule has 0 spiro atoms. The van der Waals surface area contributed by atoms with Crippen LogP contribution in [0.2, 0.25) is 10.0 Å². The minimum Gasteiger partial charge on any atom is -0.392 e. The van der Waals surface area contributed by atoms with E-state index in [0.29, 0.717) is 0 Å². The molecule has 1 N–H and O–H groups in total. The topological polar surface area (TPSA) is 66.8 Å². The summed E-state index contributed by atoms with van der Waals surface area (Å²) >= 11 is 12.0. The van der Waals surface area contributed by atoms with Crippen LogP contribution < -0.4 is 0 Å². The average Bonchev–Trinajstić information content (AvgIpc) is 2.43. The predicted molar refractivity (Wildman–Crippen MR) is 83.2 cm³/mol. The van der Waals surface area contributed by atoms with E-state index in [0.717, 1.165) is 0 Å². The van der Waals surface area contributed by atoms with Crippen LogP contribution in [0, 0.1) is 0 Å². The lowest BCUT2D eigenvalue weighted by Crippen LogP contribution is -2.34. The molecule has 0 amide bonds. The van der Waals surface area contributed by atoms with Gasteiger partial charge in [-0.2, -0.15) is 4.31 Å². The fourth-order valence-electron chi connectivity index (χ4n) is 1.71. The van der Waals surface area contributed by atoms with Crippen molar-refractivity contribution in [2.45, 2.75) is 11.5 Å². The standard InChI is InChI=1S/C13H17Cl2NO4S/c1-3-6-16(7-8-20-2)21(18,19)12-5-4-11(14)10(9-17)13(12)15/h3-5,17H,1,6-9H2,2H3. The highest BCUT2D eigenvalue weighted by Crippen LogP contribution is 2.32. The van der Waals surface area contributed by atoms with Crippen molar-refractivity contribution >= 4 is 33.2 Å². The van der Waals surface area contributed by atoms with E-state index < -0.39 is 16.6 Å². The van der Waals surface area contributed by atoms with Crippen LogP contribution >= 0.6 is 23.2 Å². The van der Waals surface area contributed by atoms with E-state index in [4.69, 9.17) is 27.9 Å². The monoisotopic (exact) mass is 353 g/mol. The van der Waals surface area contributed by atoms with Crippen molar-refractivity contribution in [2.75, 3.05) is 26.8 Å². The summed E-state index contributed by atoms with van der Waals surface area (Å²) in [5, 5.41) is 9.40. The lowest BCUT2D eigenvalue weighted by molar-refractivity contribution is 0.182. The van der Waals surface area contributed by atoms with Crippen molar-refractivity contribution in [3.8, 4) is 0 Å². The third-order valence-electron chi connectivity index (χ3n) is 2.80. The Balaban J connectivity index is 3.31. The van der Waals surface area contributed by atoms with Crippen LogP contribution in [0.3, 0.4) is 0 Å². The molecule has 0 atom stereocenters. The van der Waals surface area contributed by atoms with E-state index in [2.05, 4.69) is 6.58 Å². The number of nitrogens with zero attached hydrogens (tertiary/aromatic N) is 1. The molecule has 0 fully saturated rings. The van der Waals surface area contributed by atoms with Crippen molar-refractivity contribution in [1.29, 1.82) is 0 Å². The van der Waals surface area contributed by atoms with E-state index in [-0.39, 0.29) is 40.2 Å². The first-order valence-electron chi connectivity index (χ1n) is 6.07. The van der Waals surface area contributed by atoms with Gasteiger partial charge in [0.15, 0.2) is 0 Å². The summed E-state index contributed by atoms with van der Waals surface area (Å²) in [7, 11) is -2.35. The largest absolute Gasteiger partial charge is 0.392 e. The summed E-state index contributed by atoms with van der Waals surface area (Å²) < 4.78 is 31.4. The van der Waals surface area contributed by atoms with Crippen molar-refractivity contribution in [3.63, 3.8) is 0 Å². The molecule has 0 heterocycles. The highest BCUT2D eigenvalue weighted by molar-refractivity contribution is 7.89. The molecule has 1 aromatic rings. The van der Waals surface area contributed by atoms with E-state index in [1.54, 1.807) is 0 Å². The van der Waals surface area contributed by atoms with Crippen LogP contribution in [0.25, 0.3) is 0 Å². The fraction of sp³-hybridized carbons (Fsp3) is 0.385. The maximum Gasteiger partial charge on any atom is 0.244 e. The molecule has 21 heavy (non-hydrogen) atoms. The number of methoxy groups -OCH3 is 1. The average molecular weight is 354 g/mol. The quantitative estimate of drug-likeness (QED) is 0.728. The predicted octanol–water partition coefficient (Wildman–Crippen LogP) is 2.31. The number of sulfonamides is 1. The molecule has 0 aliphatic heterocycles. The number of rotatable bonds is 8. The Kier molecular flexibility index (Phi) is 7.12. The maximum absolute atomic E-state index is 12.6. The maximum atomic E-state index is 12.6. The number of ether oxygens (including phenoxy) is 1. The van der Waals surface area contributed by atoms with Gasteiger partial charge in [-0.3, -0.25) is 0 Å². The Labute approximate surface area is 134 Å². The summed E-state index contributed by atoms with van der Waals surface area (Å²) in [4.78, 5) is -0.101. The minimum atomic E-state index is -3.84. The highest BCUT2D eigenvalue weighted by Gasteiger charge is 2.27. The van der Waals surface area contributed by atoms with Crippen LogP contribution in [0.1, 0.15) is 5.56 Å². The smallest absolute Gasteiger partial charge is 0.244 e. The molecule has 0 unspecified atom stereocenters. The van der Waals surface area contributed by atoms with Gasteiger partial charge in [0, 0.05) is 30.8 Å². The Hall–Kier alpha value is -0.630. The summed E-state index contributed by atoms with van der Waals surface area (Å²) in [5.74, 6) is 0. The van der Waals surface area contributed by atoms with Gasteiger partial charge in [0.25, 0.3) is 0 Å². The summed E-state index contributed by atoms with van der Waals surface area (Å²) in [5.41, 5.74) is 0.185. The second kappa shape index (κ2) is 8.12. The zero-order valence-corrected chi connectivity index (χ0v) is 13.9. The molecule has 0 radical (unpaired) electrons. The zero-order chi connectivity index (χ0) is 16.0. The fourth-order valence-corrected chi connectivity index (χ4v) is 3.97. The van der Waals surface area contributed by atoms with Crippen molar-refractivity contribution in [1.82, 2.24) is 4.31 Å². The Morgan fingerprint density at radius 3 is 2.62 bits per heavy atom. The van der Waals surface area contributed by atoms with Gasteiger partial charge in [0.05, 0.1) is 18.2 Å². The molecule has 8 heteroatoms. The van der Waals surface area contributed by atoms with Crippen molar-refractivity contribution in [3.05, 3.63) is 40.4 Å². The number of hydrogen-bond acceptors (Lipinski definition) is 4. The second-order valence-electron chi connectivity index (χ2n) is 4.14. The van der Waals surface area contributed by atoms with E-state index in [9.17, 15) is 13.5 Å². The van der Waals surface area contributed by atoms with Gasteiger partial charge < -0.3 is 9.84 Å². The van der Waals surface area contributed by atoms with Crippen LogP contribution in [-0.2, 0) is 21.4 Å². The number of aliphatic hydroxyl groups excluding tert-OH is 1. The van der Waals surface area contributed by atoms with Gasteiger partial charge >= 0.3 is 0 Å². The van der Waals surface area contributed by atoms with Crippen LogP contribution in [-0.4, -0.2) is 44.6 Å². The molecule has 1 rings (SSSR count). The molecule has 0 aromatic heterocycles. The highest BCUT2D eigenvalue weighted by atomic mass is 35.5. The molecule has 118 valence electrons. The minimum absolute atomic E-state index is 0.0727. The van der Waals surface area contributed by atoms with E-state index in [1.807, 2.05) is 0 Å². The number of hydrogen-bond donors (Lipinski definition) is 1. The van der Waals surface area contributed by atoms with Crippen molar-refractivity contribution in [2.24, 2.45) is 0 Å². The van der Waals surface area contributed by atoms with E-state index in [1.165, 1.54) is 29.6 Å². The number of aliphatic hydroxyl groups is 1. The molecule has 0 saturated carbocycles. The molecule has 0 aliphatic rings. The first-order chi connectivity index (χ1) is 9.89. The summed E-state index contributed by atoms with van der Waals surface area (Å²) in [6, 6.07) is 2.72. The molecular weight excluding hydrogens is 337 g/mol. The van der Waals surface area contributed by atoms with Gasteiger partial charge in [0.2, 0.25) is 10.0 Å². The number of halogens is 2. The lowest BCUT2D eigenvalue weighted by atomic mass is 10.2. The molecular formula is C13H17Cl2NO4S. The molecule has 0 saturated heterocycles. The van der Waals surface area contributed by atoms with Crippen LogP contribution in [0.5, 0.6) is 0 Å². The first kappa shape index (κ1) is 18.4. The Morgan fingerprint density at radius 1 is 1.43 bits per heavy atom. The van der Waals surface area contributed by atoms with E-state index >= 15 is 0 Å². The number of benzene rings is 1. The molecule has 5 nitrogen and oxygen atoms in total. The van der Waals surface area contributed by atoms with Gasteiger partial charge in [-0.25, -0.2) is 8.42 Å². The van der Waals surface area contributed by atoms with Crippen LogP contribution in [0.4, 0.5) is 0 Å². The summed E-state index contributed by atoms with van der Waals surface area (Å²) in [6.07, 6.45) is 1.48. The molecule has 0 aliphatic carbocycles. The van der Waals surface area contributed by atoms with Gasteiger partial charge in [-0.1, -0.05) is 29.3 Å². The Morgan fingerprint density at radius 2 is 2.10 bits per heavy atom. The first-order valence-corrected chi connectivity index (χ1v) is 8.27. The third kappa shape index (κ3) is 4.18. The SMILES string of the molecule is C=CCN(CCOC)S(=O)(=O)c1ccc(Cl)c(CO)c1Cl. The second-order valence-corrected chi connectivity index (χ2v) is 6.83. The van der Waals surface area contributed by atoms with Gasteiger partial charge in [0.1, 0.15) is 4.90 Å². The van der Waals surface area contributed by atoms with Crippen molar-refractivity contribution < 1.29 is 18.3 Å². The molecule has 1 aromatic carbocycles. The Bertz CT molecular complexity index is 604. The van der Waals surface area contributed by atoms with Crippen LogP contribution in [0.15, 0.2) is 29.7 Å². The van der Waals surface area contributed by atoms with Gasteiger partial charge in [-0.05, 0) is 12.1 Å². The third-order valence-corrected chi connectivity index (χ3v) is 5.61. The normalized spacial score (nSPS) is 11.9. The molecule has 0 bridgehead atoms.